The molecule has 1 atom stereocenters. The third-order valence-electron chi connectivity index (χ3n) is 4.11. The van der Waals surface area contributed by atoms with E-state index in [-0.39, 0.29) is 11.5 Å². The van der Waals surface area contributed by atoms with Crippen molar-refractivity contribution in [3.8, 4) is 0 Å². The van der Waals surface area contributed by atoms with Gasteiger partial charge in [0, 0.05) is 16.5 Å². The molecule has 0 spiro atoms. The number of methoxy groups -OCH3 is 1. The first kappa shape index (κ1) is 16.0. The summed E-state index contributed by atoms with van der Waals surface area (Å²) in [4.78, 5) is 25.0. The smallest absolute Gasteiger partial charge is 0.313 e. The SMILES string of the molecule is COC(=O)C(C)c1c(C(=O)c2ccccc2)oc2ccc(C)cc12. The zero-order valence-corrected chi connectivity index (χ0v) is 13.8. The second kappa shape index (κ2) is 6.32. The summed E-state index contributed by atoms with van der Waals surface area (Å²) in [6.07, 6.45) is 0. The van der Waals surface area contributed by atoms with Crippen LogP contribution < -0.4 is 0 Å². The Balaban J connectivity index is 2.23. The molecule has 1 aromatic heterocycles. The lowest BCUT2D eigenvalue weighted by Gasteiger charge is -2.10. The van der Waals surface area contributed by atoms with Gasteiger partial charge in [-0.15, -0.1) is 0 Å². The predicted octanol–water partition coefficient (Wildman–Crippen LogP) is 4.25. The molecule has 0 radical (unpaired) electrons. The lowest BCUT2D eigenvalue weighted by atomic mass is 9.94. The van der Waals surface area contributed by atoms with Gasteiger partial charge in [0.15, 0.2) is 5.76 Å². The maximum atomic E-state index is 12.9. The Morgan fingerprint density at radius 3 is 2.46 bits per heavy atom. The number of rotatable bonds is 4. The molecule has 0 aliphatic heterocycles. The number of hydrogen-bond donors (Lipinski definition) is 0. The lowest BCUT2D eigenvalue weighted by molar-refractivity contribution is -0.141. The summed E-state index contributed by atoms with van der Waals surface area (Å²) in [6, 6.07) is 14.6. The zero-order valence-electron chi connectivity index (χ0n) is 13.8. The number of hydrogen-bond acceptors (Lipinski definition) is 4. The Morgan fingerprint density at radius 1 is 1.08 bits per heavy atom. The Hall–Kier alpha value is -2.88. The number of fused-ring (bicyclic) bond motifs is 1. The Morgan fingerprint density at radius 2 is 1.79 bits per heavy atom. The van der Waals surface area contributed by atoms with E-state index < -0.39 is 11.9 Å². The minimum atomic E-state index is -0.597. The number of ketones is 1. The molecule has 3 rings (SSSR count). The molecular weight excluding hydrogens is 304 g/mol. The van der Waals surface area contributed by atoms with E-state index in [4.69, 9.17) is 9.15 Å². The fourth-order valence-corrected chi connectivity index (χ4v) is 2.84. The zero-order chi connectivity index (χ0) is 17.3. The van der Waals surface area contributed by atoms with E-state index in [1.54, 1.807) is 31.2 Å². The van der Waals surface area contributed by atoms with Crippen molar-refractivity contribution in [2.45, 2.75) is 19.8 Å². The normalized spacial score (nSPS) is 12.1. The molecule has 122 valence electrons. The molecule has 0 fully saturated rings. The van der Waals surface area contributed by atoms with Gasteiger partial charge in [0.25, 0.3) is 0 Å². The lowest BCUT2D eigenvalue weighted by Crippen LogP contribution is -2.14. The Labute approximate surface area is 140 Å². The quantitative estimate of drug-likeness (QED) is 0.532. The molecule has 24 heavy (non-hydrogen) atoms. The van der Waals surface area contributed by atoms with Crippen LogP contribution in [-0.2, 0) is 9.53 Å². The number of carbonyl (C=O) groups is 2. The molecule has 4 nitrogen and oxygen atoms in total. The van der Waals surface area contributed by atoms with E-state index in [2.05, 4.69) is 0 Å². The van der Waals surface area contributed by atoms with Crippen LogP contribution in [-0.4, -0.2) is 18.9 Å². The van der Waals surface area contributed by atoms with Gasteiger partial charge in [-0.1, -0.05) is 42.0 Å². The van der Waals surface area contributed by atoms with Crippen molar-refractivity contribution in [1.82, 2.24) is 0 Å². The molecule has 0 bridgehead atoms. The first-order valence-electron chi connectivity index (χ1n) is 7.73. The van der Waals surface area contributed by atoms with Crippen LogP contribution in [0.3, 0.4) is 0 Å². The number of furan rings is 1. The molecule has 0 amide bonds. The van der Waals surface area contributed by atoms with Gasteiger partial charge in [0.1, 0.15) is 5.58 Å². The van der Waals surface area contributed by atoms with Crippen molar-refractivity contribution < 1.29 is 18.7 Å². The highest BCUT2D eigenvalue weighted by Crippen LogP contribution is 2.34. The average Bonchev–Trinajstić information content (AvgIpc) is 2.98. The topological polar surface area (TPSA) is 56.5 Å². The van der Waals surface area contributed by atoms with Gasteiger partial charge in [-0.3, -0.25) is 9.59 Å². The summed E-state index contributed by atoms with van der Waals surface area (Å²) in [5.41, 5.74) is 2.71. The highest BCUT2D eigenvalue weighted by molar-refractivity contribution is 6.11. The van der Waals surface area contributed by atoms with Crippen LogP contribution in [0, 0.1) is 6.92 Å². The number of ether oxygens (including phenoxy) is 1. The molecule has 0 saturated heterocycles. The molecular formula is C20H18O4. The van der Waals surface area contributed by atoms with Gasteiger partial charge < -0.3 is 9.15 Å². The fraction of sp³-hybridized carbons (Fsp3) is 0.200. The summed E-state index contributed by atoms with van der Waals surface area (Å²) >= 11 is 0. The van der Waals surface area contributed by atoms with Crippen molar-refractivity contribution >= 4 is 22.7 Å². The number of esters is 1. The Bertz CT molecular complexity index is 906. The second-order valence-corrected chi connectivity index (χ2v) is 5.78. The number of aryl methyl sites for hydroxylation is 1. The fourth-order valence-electron chi connectivity index (χ4n) is 2.84. The van der Waals surface area contributed by atoms with Crippen molar-refractivity contribution in [2.24, 2.45) is 0 Å². The maximum Gasteiger partial charge on any atom is 0.313 e. The van der Waals surface area contributed by atoms with Crippen LogP contribution in [0.4, 0.5) is 0 Å². The predicted molar refractivity (Wildman–Crippen MR) is 91.3 cm³/mol. The van der Waals surface area contributed by atoms with Gasteiger partial charge in [0.2, 0.25) is 5.78 Å². The van der Waals surface area contributed by atoms with E-state index in [9.17, 15) is 9.59 Å². The first-order chi connectivity index (χ1) is 11.5. The monoisotopic (exact) mass is 322 g/mol. The number of benzene rings is 2. The van der Waals surface area contributed by atoms with E-state index in [0.717, 1.165) is 10.9 Å². The third kappa shape index (κ3) is 2.71. The molecule has 4 heteroatoms. The van der Waals surface area contributed by atoms with Gasteiger partial charge in [-0.05, 0) is 26.0 Å². The minimum Gasteiger partial charge on any atom is -0.469 e. The highest BCUT2D eigenvalue weighted by Gasteiger charge is 2.29. The Kier molecular flexibility index (Phi) is 4.21. The van der Waals surface area contributed by atoms with Gasteiger partial charge >= 0.3 is 5.97 Å². The first-order valence-corrected chi connectivity index (χ1v) is 7.73. The maximum absolute atomic E-state index is 12.9. The molecule has 0 aliphatic carbocycles. The molecule has 0 aliphatic rings. The average molecular weight is 322 g/mol. The summed E-state index contributed by atoms with van der Waals surface area (Å²) in [5, 5.41) is 0.771. The van der Waals surface area contributed by atoms with Gasteiger partial charge in [-0.2, -0.15) is 0 Å². The van der Waals surface area contributed by atoms with Crippen LogP contribution >= 0.6 is 0 Å². The van der Waals surface area contributed by atoms with E-state index in [1.807, 2.05) is 31.2 Å². The van der Waals surface area contributed by atoms with Crippen molar-refractivity contribution in [3.63, 3.8) is 0 Å². The van der Waals surface area contributed by atoms with E-state index >= 15 is 0 Å². The number of carbonyl (C=O) groups excluding carboxylic acids is 2. The molecule has 2 aromatic carbocycles. The minimum absolute atomic E-state index is 0.194. The summed E-state index contributed by atoms with van der Waals surface area (Å²) in [6.45, 7) is 3.68. The molecule has 1 heterocycles. The summed E-state index contributed by atoms with van der Waals surface area (Å²) in [5.74, 6) is -1.04. The molecule has 1 unspecified atom stereocenters. The van der Waals surface area contributed by atoms with Crippen molar-refractivity contribution in [2.75, 3.05) is 7.11 Å². The van der Waals surface area contributed by atoms with Crippen LogP contribution in [0.2, 0.25) is 0 Å². The summed E-state index contributed by atoms with van der Waals surface area (Å²) in [7, 11) is 1.34. The van der Waals surface area contributed by atoms with Gasteiger partial charge in [0.05, 0.1) is 13.0 Å². The highest BCUT2D eigenvalue weighted by atomic mass is 16.5. The van der Waals surface area contributed by atoms with Crippen LogP contribution in [0.5, 0.6) is 0 Å². The standard InChI is InChI=1S/C20H18O4/c1-12-9-10-16-15(11-12)17(13(2)20(22)23-3)19(24-16)18(21)14-7-5-4-6-8-14/h4-11,13H,1-3H3. The van der Waals surface area contributed by atoms with Crippen LogP contribution in [0.1, 0.15) is 40.1 Å². The largest absolute Gasteiger partial charge is 0.469 e. The second-order valence-electron chi connectivity index (χ2n) is 5.78. The summed E-state index contributed by atoms with van der Waals surface area (Å²) < 4.78 is 10.7. The van der Waals surface area contributed by atoms with Crippen LogP contribution in [0.15, 0.2) is 52.9 Å². The van der Waals surface area contributed by atoms with E-state index in [1.165, 1.54) is 7.11 Å². The molecule has 0 saturated carbocycles. The van der Waals surface area contributed by atoms with E-state index in [0.29, 0.717) is 16.7 Å². The molecule has 0 N–H and O–H groups in total. The van der Waals surface area contributed by atoms with Gasteiger partial charge in [-0.25, -0.2) is 0 Å². The van der Waals surface area contributed by atoms with Crippen LogP contribution in [0.25, 0.3) is 11.0 Å². The van der Waals surface area contributed by atoms with Crippen molar-refractivity contribution in [1.29, 1.82) is 0 Å². The third-order valence-corrected chi connectivity index (χ3v) is 4.11. The molecule has 3 aromatic rings. The van der Waals surface area contributed by atoms with Crippen molar-refractivity contribution in [3.05, 3.63) is 71.0 Å².